The van der Waals surface area contributed by atoms with Crippen LogP contribution in [0.4, 0.5) is 0 Å². The molecule has 24 heavy (non-hydrogen) atoms. The van der Waals surface area contributed by atoms with Crippen molar-refractivity contribution in [3.05, 3.63) is 52.3 Å². The predicted octanol–water partition coefficient (Wildman–Crippen LogP) is 3.73. The molecule has 122 valence electrons. The van der Waals surface area contributed by atoms with Crippen LogP contribution in [0.25, 0.3) is 16.9 Å². The predicted molar refractivity (Wildman–Crippen MR) is 95.5 cm³/mol. The van der Waals surface area contributed by atoms with Gasteiger partial charge in [-0.1, -0.05) is 12.1 Å². The molecule has 0 fully saturated rings. The fourth-order valence-electron chi connectivity index (χ4n) is 2.43. The Labute approximate surface area is 148 Å². The van der Waals surface area contributed by atoms with Crippen molar-refractivity contribution in [3.8, 4) is 17.3 Å². The van der Waals surface area contributed by atoms with Gasteiger partial charge in [-0.2, -0.15) is 10.4 Å². The molecule has 0 saturated heterocycles. The molecule has 0 radical (unpaired) electrons. The highest BCUT2D eigenvalue weighted by Crippen LogP contribution is 2.30. The van der Waals surface area contributed by atoms with Crippen molar-refractivity contribution in [3.63, 3.8) is 0 Å². The van der Waals surface area contributed by atoms with E-state index < -0.39 is 5.60 Å². The molecule has 1 N–H and O–H groups in total. The lowest BCUT2D eigenvalue weighted by Crippen LogP contribution is -2.19. The van der Waals surface area contributed by atoms with Crippen molar-refractivity contribution in [2.24, 2.45) is 0 Å². The highest BCUT2D eigenvalue weighted by Gasteiger charge is 2.16. The molecule has 0 bridgehead atoms. The van der Waals surface area contributed by atoms with Gasteiger partial charge in [-0.15, -0.1) is 0 Å². The van der Waals surface area contributed by atoms with Gasteiger partial charge in [0.1, 0.15) is 5.69 Å². The Balaban J connectivity index is 2.00. The van der Waals surface area contributed by atoms with E-state index in [-0.39, 0.29) is 0 Å². The monoisotopic (exact) mass is 384 g/mol. The lowest BCUT2D eigenvalue weighted by atomic mass is 10.0. The van der Waals surface area contributed by atoms with E-state index in [1.807, 2.05) is 30.5 Å². The molecule has 3 aromatic rings. The van der Waals surface area contributed by atoms with Gasteiger partial charge in [-0.05, 0) is 60.8 Å². The van der Waals surface area contributed by atoms with Crippen molar-refractivity contribution >= 4 is 21.6 Å². The number of rotatable bonds is 4. The summed E-state index contributed by atoms with van der Waals surface area (Å²) in [6, 6.07) is 11.4. The van der Waals surface area contributed by atoms with Crippen molar-refractivity contribution < 1.29 is 5.11 Å². The summed E-state index contributed by atoms with van der Waals surface area (Å²) >= 11 is 3.58. The summed E-state index contributed by atoms with van der Waals surface area (Å²) in [6.07, 6.45) is 3.19. The largest absolute Gasteiger partial charge is 0.390 e. The van der Waals surface area contributed by atoms with Crippen LogP contribution in [-0.2, 0) is 6.42 Å². The van der Waals surface area contributed by atoms with Crippen LogP contribution in [0.1, 0.15) is 31.5 Å². The number of nitriles is 1. The molecule has 0 saturated carbocycles. The van der Waals surface area contributed by atoms with Gasteiger partial charge in [0.05, 0.1) is 21.7 Å². The second-order valence-corrected chi connectivity index (χ2v) is 7.15. The van der Waals surface area contributed by atoms with Crippen LogP contribution < -0.4 is 0 Å². The summed E-state index contributed by atoms with van der Waals surface area (Å²) in [5, 5.41) is 23.5. The van der Waals surface area contributed by atoms with Crippen molar-refractivity contribution in [1.29, 1.82) is 5.26 Å². The van der Waals surface area contributed by atoms with Gasteiger partial charge in [-0.3, -0.25) is 0 Å². The summed E-state index contributed by atoms with van der Waals surface area (Å²) in [6.45, 7) is 3.58. The van der Waals surface area contributed by atoms with Crippen molar-refractivity contribution in [1.82, 2.24) is 14.6 Å². The number of aliphatic hydroxyl groups is 1. The average Bonchev–Trinajstić information content (AvgIpc) is 2.89. The highest BCUT2D eigenvalue weighted by atomic mass is 79.9. The van der Waals surface area contributed by atoms with Crippen LogP contribution in [0.2, 0.25) is 0 Å². The van der Waals surface area contributed by atoms with Crippen molar-refractivity contribution in [2.45, 2.75) is 32.3 Å². The summed E-state index contributed by atoms with van der Waals surface area (Å²) in [5.74, 6) is 0. The highest BCUT2D eigenvalue weighted by molar-refractivity contribution is 9.10. The average molecular weight is 385 g/mol. The van der Waals surface area contributed by atoms with Gasteiger partial charge in [-0.25, -0.2) is 9.50 Å². The van der Waals surface area contributed by atoms with Crippen molar-refractivity contribution in [2.75, 3.05) is 0 Å². The maximum absolute atomic E-state index is 9.87. The van der Waals surface area contributed by atoms with Gasteiger partial charge < -0.3 is 5.11 Å². The molecule has 0 unspecified atom stereocenters. The molecule has 1 aromatic carbocycles. The lowest BCUT2D eigenvalue weighted by molar-refractivity contribution is 0.0711. The fourth-order valence-corrected chi connectivity index (χ4v) is 3.01. The molecule has 3 rings (SSSR count). The zero-order valence-corrected chi connectivity index (χ0v) is 15.1. The van der Waals surface area contributed by atoms with Crippen LogP contribution in [0.15, 0.2) is 41.0 Å². The molecular weight excluding hydrogens is 368 g/mol. The molecule has 0 spiro atoms. The van der Waals surface area contributed by atoms with Gasteiger partial charge in [0, 0.05) is 17.5 Å². The smallest absolute Gasteiger partial charge is 0.170 e. The third-order valence-corrected chi connectivity index (χ3v) is 4.47. The Morgan fingerprint density at radius 2 is 2.12 bits per heavy atom. The normalized spacial score (nSPS) is 11.6. The summed E-state index contributed by atoms with van der Waals surface area (Å²) < 4.78 is 2.51. The number of aromatic nitrogens is 3. The number of halogens is 1. The van der Waals surface area contributed by atoms with E-state index in [2.05, 4.69) is 32.1 Å². The molecule has 0 atom stereocenters. The summed E-state index contributed by atoms with van der Waals surface area (Å²) in [5.41, 5.74) is 3.12. The Morgan fingerprint density at radius 1 is 1.33 bits per heavy atom. The maximum Gasteiger partial charge on any atom is 0.170 e. The van der Waals surface area contributed by atoms with Gasteiger partial charge in [0.2, 0.25) is 0 Å². The summed E-state index contributed by atoms with van der Waals surface area (Å²) in [4.78, 5) is 4.64. The standard InChI is InChI=1S/C18H17BrN4O/c1-18(2,24)8-6-14-7-9-23-17(21-14)15(19)16(22-23)13-5-3-4-12(10-13)11-20/h3-5,7,9-10,24H,6,8H2,1-2H3. The minimum atomic E-state index is -0.714. The van der Waals surface area contributed by atoms with E-state index in [0.717, 1.165) is 27.1 Å². The van der Waals surface area contributed by atoms with Crippen LogP contribution in [-0.4, -0.2) is 25.3 Å². The van der Waals surface area contributed by atoms with Crippen LogP contribution in [0.5, 0.6) is 0 Å². The Hall–Kier alpha value is -2.23. The van der Waals surface area contributed by atoms with Crippen LogP contribution in [0.3, 0.4) is 0 Å². The lowest BCUT2D eigenvalue weighted by Gasteiger charge is -2.16. The molecule has 0 aliphatic heterocycles. The van der Waals surface area contributed by atoms with E-state index in [0.29, 0.717) is 18.4 Å². The molecule has 0 aliphatic carbocycles. The molecule has 0 amide bonds. The van der Waals surface area contributed by atoms with E-state index in [9.17, 15) is 5.11 Å². The zero-order valence-electron chi connectivity index (χ0n) is 13.5. The third-order valence-electron chi connectivity index (χ3n) is 3.74. The van der Waals surface area contributed by atoms with E-state index in [4.69, 9.17) is 5.26 Å². The molecule has 2 heterocycles. The first-order valence-corrected chi connectivity index (χ1v) is 8.43. The Morgan fingerprint density at radius 3 is 2.83 bits per heavy atom. The Kier molecular flexibility index (Phi) is 4.39. The van der Waals surface area contributed by atoms with Crippen LogP contribution >= 0.6 is 15.9 Å². The zero-order chi connectivity index (χ0) is 17.3. The minimum absolute atomic E-state index is 0.593. The first kappa shape index (κ1) is 16.6. The first-order valence-electron chi connectivity index (χ1n) is 7.64. The summed E-state index contributed by atoms with van der Waals surface area (Å²) in [7, 11) is 0. The minimum Gasteiger partial charge on any atom is -0.390 e. The second-order valence-electron chi connectivity index (χ2n) is 6.35. The van der Waals surface area contributed by atoms with Gasteiger partial charge in [0.15, 0.2) is 5.65 Å². The topological polar surface area (TPSA) is 74.2 Å². The number of aryl methyl sites for hydroxylation is 1. The van der Waals surface area contributed by atoms with Crippen LogP contribution in [0, 0.1) is 11.3 Å². The van der Waals surface area contributed by atoms with E-state index >= 15 is 0 Å². The molecule has 5 nitrogen and oxygen atoms in total. The first-order chi connectivity index (χ1) is 11.4. The molecule has 2 aromatic heterocycles. The number of fused-ring (bicyclic) bond motifs is 1. The van der Waals surface area contributed by atoms with Gasteiger partial charge in [0.25, 0.3) is 0 Å². The molecule has 0 aliphatic rings. The van der Waals surface area contributed by atoms with E-state index in [1.165, 1.54) is 0 Å². The van der Waals surface area contributed by atoms with E-state index in [1.54, 1.807) is 24.4 Å². The number of nitrogens with zero attached hydrogens (tertiary/aromatic N) is 4. The second kappa shape index (κ2) is 6.34. The maximum atomic E-state index is 9.87. The number of benzene rings is 1. The fraction of sp³-hybridized carbons (Fsp3) is 0.278. The molecular formula is C18H17BrN4O. The molecule has 6 heteroatoms. The Bertz CT molecular complexity index is 934. The SMILES string of the molecule is CC(C)(O)CCc1ccn2nc(-c3cccc(C#N)c3)c(Br)c2n1. The number of hydrogen-bond acceptors (Lipinski definition) is 4. The third kappa shape index (κ3) is 3.48. The number of hydrogen-bond donors (Lipinski definition) is 1. The quantitative estimate of drug-likeness (QED) is 0.743. The van der Waals surface area contributed by atoms with Gasteiger partial charge >= 0.3 is 0 Å².